The second-order valence-electron chi connectivity index (χ2n) is 10.3. The fraction of sp³-hybridized carbons (Fsp3) is 0.464. The first kappa shape index (κ1) is 31.1. The highest BCUT2D eigenvalue weighted by Crippen LogP contribution is 2.45. The van der Waals surface area contributed by atoms with Crippen LogP contribution in [0, 0.1) is 0 Å². The van der Waals surface area contributed by atoms with Gasteiger partial charge in [-0.15, -0.1) is 0 Å². The summed E-state index contributed by atoms with van der Waals surface area (Å²) in [5.74, 6) is -0.644. The zero-order chi connectivity index (χ0) is 31.2. The molecule has 0 spiro atoms. The van der Waals surface area contributed by atoms with Crippen molar-refractivity contribution in [2.24, 2.45) is 0 Å². The molecule has 0 saturated carbocycles. The van der Waals surface area contributed by atoms with Gasteiger partial charge in [-0.25, -0.2) is 0 Å². The van der Waals surface area contributed by atoms with Gasteiger partial charge in [0, 0.05) is 17.7 Å². The maximum absolute atomic E-state index is 13.2. The average Bonchev–Trinajstić information content (AvgIpc) is 2.99. The smallest absolute Gasteiger partial charge is 0.197 e. The van der Waals surface area contributed by atoms with E-state index >= 15 is 0 Å². The van der Waals surface area contributed by atoms with Gasteiger partial charge in [0.05, 0.1) is 25.9 Å². The van der Waals surface area contributed by atoms with Gasteiger partial charge in [-0.3, -0.25) is 4.79 Å². The number of phenols is 2. The Hall–Kier alpha value is -3.35. The molecule has 5 rings (SSSR count). The van der Waals surface area contributed by atoms with Crippen LogP contribution in [0.1, 0.15) is 11.7 Å². The molecule has 2 saturated heterocycles. The van der Waals surface area contributed by atoms with Gasteiger partial charge in [-0.1, -0.05) is 0 Å². The molecule has 234 valence electrons. The number of rotatable bonds is 7. The van der Waals surface area contributed by atoms with E-state index in [0.29, 0.717) is 5.56 Å². The van der Waals surface area contributed by atoms with Crippen LogP contribution in [0.15, 0.2) is 45.6 Å². The van der Waals surface area contributed by atoms with Gasteiger partial charge in [-0.05, 0) is 24.3 Å². The lowest BCUT2D eigenvalue weighted by Gasteiger charge is -2.46. The zero-order valence-electron chi connectivity index (χ0n) is 22.6. The molecule has 1 aromatic heterocycles. The van der Waals surface area contributed by atoms with E-state index in [4.69, 9.17) is 23.4 Å². The van der Waals surface area contributed by atoms with Crippen LogP contribution in [0.3, 0.4) is 0 Å². The Morgan fingerprint density at radius 2 is 1.49 bits per heavy atom. The van der Waals surface area contributed by atoms with E-state index in [2.05, 4.69) is 0 Å². The molecule has 9 N–H and O–H groups in total. The molecule has 2 aliphatic heterocycles. The first-order valence-corrected chi connectivity index (χ1v) is 13.3. The summed E-state index contributed by atoms with van der Waals surface area (Å²) in [6.45, 7) is -1.55. The Morgan fingerprint density at radius 3 is 2.12 bits per heavy atom. The Balaban J connectivity index is 1.49. The fourth-order valence-electron chi connectivity index (χ4n) is 5.33. The summed E-state index contributed by atoms with van der Waals surface area (Å²) in [6.07, 6.45) is -16.7. The Labute approximate surface area is 242 Å². The number of ether oxygens (including phenoxy) is 4. The summed E-state index contributed by atoms with van der Waals surface area (Å²) in [7, 11) is 1.24. The van der Waals surface area contributed by atoms with Crippen molar-refractivity contribution in [3.05, 3.63) is 52.2 Å². The van der Waals surface area contributed by atoms with Crippen LogP contribution < -0.4 is 10.2 Å². The molecule has 10 atom stereocenters. The third kappa shape index (κ3) is 5.56. The normalized spacial score (nSPS) is 33.0. The lowest BCUT2D eigenvalue weighted by atomic mass is 9.89. The van der Waals surface area contributed by atoms with Crippen molar-refractivity contribution in [1.82, 2.24) is 0 Å². The number of aliphatic hydroxyl groups excluding tert-OH is 7. The van der Waals surface area contributed by atoms with E-state index in [1.54, 1.807) is 0 Å². The summed E-state index contributed by atoms with van der Waals surface area (Å²) in [6, 6.07) is 8.26. The SMILES string of the molecule is COc1cc2oc(-c3ccc(O)cc3)cc(=O)c2c(O)c1[C@@H]1O[C@H](CO)[C@@H](O[C@@H]2O[C@H](CO)[C@@H](O)[C@@H](O)[C@H]2O)[C@@H](O)[C@H]1O. The number of fused-ring (bicyclic) bond motifs is 1. The van der Waals surface area contributed by atoms with E-state index in [1.165, 1.54) is 37.4 Å². The van der Waals surface area contributed by atoms with Gasteiger partial charge >= 0.3 is 0 Å². The van der Waals surface area contributed by atoms with Crippen LogP contribution in [0.5, 0.6) is 17.2 Å². The predicted octanol–water partition coefficient (Wildman–Crippen LogP) is -1.78. The van der Waals surface area contributed by atoms with Crippen molar-refractivity contribution in [3.8, 4) is 28.6 Å². The molecular weight excluding hydrogens is 576 g/mol. The topological polar surface area (TPSA) is 249 Å². The third-order valence-corrected chi connectivity index (χ3v) is 7.65. The molecule has 15 heteroatoms. The fourth-order valence-corrected chi connectivity index (χ4v) is 5.33. The van der Waals surface area contributed by atoms with Crippen LogP contribution in [-0.4, -0.2) is 121 Å². The van der Waals surface area contributed by atoms with Gasteiger partial charge in [-0.2, -0.15) is 0 Å². The largest absolute Gasteiger partial charge is 0.508 e. The Morgan fingerprint density at radius 1 is 0.814 bits per heavy atom. The van der Waals surface area contributed by atoms with Crippen LogP contribution in [-0.2, 0) is 14.2 Å². The van der Waals surface area contributed by atoms with Gasteiger partial charge in [0.25, 0.3) is 0 Å². The van der Waals surface area contributed by atoms with E-state index in [9.17, 15) is 50.8 Å². The standard InChI is InChI=1S/C28H32O15/c1-39-14-7-15-18(12(32)6-13(40-15)10-2-4-11(31)5-3-10)21(34)19(14)27-24(37)23(36)26(17(9-30)41-27)43-28-25(38)22(35)20(33)16(8-29)42-28/h2-7,16-17,20,22-31,33-38H,8-9H2,1H3/t16-,17-,20-,22-,23+,24-,25-,26-,27+,28+/m1/s1. The molecule has 2 aromatic carbocycles. The van der Waals surface area contributed by atoms with Crippen LogP contribution in [0.4, 0.5) is 0 Å². The average molecular weight is 609 g/mol. The zero-order valence-corrected chi connectivity index (χ0v) is 22.6. The van der Waals surface area contributed by atoms with Crippen LogP contribution in [0.2, 0.25) is 0 Å². The summed E-state index contributed by atoms with van der Waals surface area (Å²) < 4.78 is 28.0. The van der Waals surface area contributed by atoms with Crippen LogP contribution in [0.25, 0.3) is 22.3 Å². The second-order valence-corrected chi connectivity index (χ2v) is 10.3. The second kappa shape index (κ2) is 12.3. The summed E-state index contributed by atoms with van der Waals surface area (Å²) in [5.41, 5.74) is -0.526. The highest BCUT2D eigenvalue weighted by Gasteiger charge is 2.51. The summed E-state index contributed by atoms with van der Waals surface area (Å²) >= 11 is 0. The lowest BCUT2D eigenvalue weighted by molar-refractivity contribution is -0.342. The third-order valence-electron chi connectivity index (χ3n) is 7.65. The molecule has 15 nitrogen and oxygen atoms in total. The summed E-state index contributed by atoms with van der Waals surface area (Å²) in [5, 5.41) is 92.6. The molecule has 0 aliphatic carbocycles. The van der Waals surface area contributed by atoms with Gasteiger partial charge in [0.2, 0.25) is 0 Å². The molecule has 0 amide bonds. The molecule has 43 heavy (non-hydrogen) atoms. The number of aromatic hydroxyl groups is 2. The van der Waals surface area contributed by atoms with E-state index in [0.717, 1.165) is 6.07 Å². The Kier molecular flexibility index (Phi) is 8.92. The number of hydrogen-bond acceptors (Lipinski definition) is 15. The monoisotopic (exact) mass is 608 g/mol. The van der Waals surface area contributed by atoms with E-state index < -0.39 is 85.6 Å². The van der Waals surface area contributed by atoms with Crippen molar-refractivity contribution in [2.45, 2.75) is 61.2 Å². The van der Waals surface area contributed by atoms with Crippen LogP contribution >= 0.6 is 0 Å². The van der Waals surface area contributed by atoms with Gasteiger partial charge < -0.3 is 69.3 Å². The highest BCUT2D eigenvalue weighted by atomic mass is 16.7. The van der Waals surface area contributed by atoms with Crippen molar-refractivity contribution in [1.29, 1.82) is 0 Å². The van der Waals surface area contributed by atoms with E-state index in [1.807, 2.05) is 0 Å². The molecule has 0 radical (unpaired) electrons. The molecule has 0 bridgehead atoms. The molecule has 3 aromatic rings. The predicted molar refractivity (Wildman–Crippen MR) is 143 cm³/mol. The first-order chi connectivity index (χ1) is 20.5. The minimum atomic E-state index is -1.88. The van der Waals surface area contributed by atoms with Gasteiger partial charge in [0.15, 0.2) is 11.7 Å². The number of benzene rings is 2. The molecule has 0 unspecified atom stereocenters. The van der Waals surface area contributed by atoms with Gasteiger partial charge in [0.1, 0.15) is 88.9 Å². The first-order valence-electron chi connectivity index (χ1n) is 13.3. The van der Waals surface area contributed by atoms with E-state index in [-0.39, 0.29) is 33.8 Å². The van der Waals surface area contributed by atoms with Crippen molar-refractivity contribution >= 4 is 11.0 Å². The Bertz CT molecular complexity index is 1490. The number of phenolic OH excluding ortho intramolecular Hbond substituents is 2. The molecule has 2 aliphatic rings. The lowest BCUT2D eigenvalue weighted by Crippen LogP contribution is -2.63. The molecule has 2 fully saturated rings. The number of aliphatic hydroxyl groups is 7. The quantitative estimate of drug-likeness (QED) is 0.144. The van der Waals surface area contributed by atoms with Crippen molar-refractivity contribution in [2.75, 3.05) is 20.3 Å². The maximum atomic E-state index is 13.2. The van der Waals surface area contributed by atoms with Crippen molar-refractivity contribution < 1.29 is 69.3 Å². The minimum absolute atomic E-state index is 0.00563. The van der Waals surface area contributed by atoms with Crippen molar-refractivity contribution in [3.63, 3.8) is 0 Å². The summed E-state index contributed by atoms with van der Waals surface area (Å²) in [4.78, 5) is 13.2. The minimum Gasteiger partial charge on any atom is -0.508 e. The molecule has 3 heterocycles. The maximum Gasteiger partial charge on any atom is 0.197 e. The highest BCUT2D eigenvalue weighted by molar-refractivity contribution is 5.88. The molecular formula is C28H32O15. The number of hydrogen-bond donors (Lipinski definition) is 9. The number of methoxy groups -OCH3 is 1.